The van der Waals surface area contributed by atoms with Crippen molar-refractivity contribution in [1.82, 2.24) is 9.80 Å². The largest absolute Gasteiger partial charge is 0.480 e. The van der Waals surface area contributed by atoms with Gasteiger partial charge in [-0.15, -0.1) is 0 Å². The van der Waals surface area contributed by atoms with Crippen LogP contribution in [0.1, 0.15) is 19.8 Å². The number of nitrogens with zero attached hydrogens (tertiary/aromatic N) is 2. The number of piperazine rings is 1. The molecule has 0 aliphatic carbocycles. The van der Waals surface area contributed by atoms with E-state index in [0.717, 1.165) is 45.9 Å². The summed E-state index contributed by atoms with van der Waals surface area (Å²) in [6.45, 7) is 8.37. The van der Waals surface area contributed by atoms with Crippen molar-refractivity contribution in [2.75, 3.05) is 45.9 Å². The van der Waals surface area contributed by atoms with Gasteiger partial charge in [-0.1, -0.05) is 0 Å². The minimum absolute atomic E-state index is 0.356. The lowest BCUT2D eigenvalue weighted by molar-refractivity contribution is -0.143. The molecule has 2 aliphatic heterocycles. The molecule has 2 rings (SSSR count). The van der Waals surface area contributed by atoms with Gasteiger partial charge in [0.1, 0.15) is 6.04 Å². The molecule has 0 bridgehead atoms. The molecule has 1 N–H and O–H groups in total. The van der Waals surface area contributed by atoms with Crippen molar-refractivity contribution in [2.24, 2.45) is 5.92 Å². The van der Waals surface area contributed by atoms with E-state index >= 15 is 0 Å². The van der Waals surface area contributed by atoms with E-state index in [2.05, 4.69) is 9.80 Å². The van der Waals surface area contributed by atoms with Gasteiger partial charge in [0.05, 0.1) is 6.61 Å². The molecule has 18 heavy (non-hydrogen) atoms. The molecule has 0 aromatic carbocycles. The highest BCUT2D eigenvalue weighted by molar-refractivity contribution is 5.72. The summed E-state index contributed by atoms with van der Waals surface area (Å²) < 4.78 is 5.50. The Kier molecular flexibility index (Phi) is 4.97. The fraction of sp³-hybridized carbons (Fsp3) is 0.923. The highest BCUT2D eigenvalue weighted by atomic mass is 16.5. The van der Waals surface area contributed by atoms with Gasteiger partial charge in [-0.25, -0.2) is 0 Å². The Balaban J connectivity index is 1.71. The Morgan fingerprint density at radius 3 is 2.67 bits per heavy atom. The SMILES string of the molecule is CC(C(=O)O)N1CCN(CC2CCCOC2)CC1. The summed E-state index contributed by atoms with van der Waals surface area (Å²) in [5.41, 5.74) is 0. The second-order valence-corrected chi connectivity index (χ2v) is 5.43. The number of carboxylic acid groups (broad SMARTS) is 1. The van der Waals surface area contributed by atoms with Crippen LogP contribution in [-0.4, -0.2) is 72.9 Å². The highest BCUT2D eigenvalue weighted by Crippen LogP contribution is 2.16. The summed E-state index contributed by atoms with van der Waals surface area (Å²) in [6.07, 6.45) is 2.45. The molecule has 2 unspecified atom stereocenters. The summed E-state index contributed by atoms with van der Waals surface area (Å²) in [6, 6.07) is -0.356. The smallest absolute Gasteiger partial charge is 0.320 e. The molecule has 0 amide bonds. The van der Waals surface area contributed by atoms with Crippen molar-refractivity contribution in [3.05, 3.63) is 0 Å². The summed E-state index contributed by atoms with van der Waals surface area (Å²) in [5, 5.41) is 8.99. The predicted octanol–water partition coefficient (Wildman–Crippen LogP) is 0.504. The van der Waals surface area contributed by atoms with E-state index in [4.69, 9.17) is 9.84 Å². The first-order chi connectivity index (χ1) is 8.66. The van der Waals surface area contributed by atoms with Crippen molar-refractivity contribution < 1.29 is 14.6 Å². The summed E-state index contributed by atoms with van der Waals surface area (Å²) >= 11 is 0. The molecule has 0 radical (unpaired) electrons. The molecule has 0 spiro atoms. The first-order valence-corrected chi connectivity index (χ1v) is 6.94. The Hall–Kier alpha value is -0.650. The van der Waals surface area contributed by atoms with Gasteiger partial charge in [0.25, 0.3) is 0 Å². The number of ether oxygens (including phenoxy) is 1. The maximum Gasteiger partial charge on any atom is 0.320 e. The van der Waals surface area contributed by atoms with Crippen LogP contribution in [0.2, 0.25) is 0 Å². The first-order valence-electron chi connectivity index (χ1n) is 6.94. The molecule has 104 valence electrons. The molecule has 2 aliphatic rings. The van der Waals surface area contributed by atoms with Crippen LogP contribution in [-0.2, 0) is 9.53 Å². The number of rotatable bonds is 4. The zero-order valence-corrected chi connectivity index (χ0v) is 11.2. The van der Waals surface area contributed by atoms with Crippen LogP contribution in [0.25, 0.3) is 0 Å². The first kappa shape index (κ1) is 13.8. The molecule has 5 nitrogen and oxygen atoms in total. The molecule has 0 aromatic heterocycles. The lowest BCUT2D eigenvalue weighted by atomic mass is 10.0. The maximum absolute atomic E-state index is 10.9. The molecule has 0 aromatic rings. The average molecular weight is 256 g/mol. The van der Waals surface area contributed by atoms with Gasteiger partial charge < -0.3 is 14.7 Å². The van der Waals surface area contributed by atoms with Crippen LogP contribution in [0.15, 0.2) is 0 Å². The summed E-state index contributed by atoms with van der Waals surface area (Å²) in [5.74, 6) is -0.0497. The van der Waals surface area contributed by atoms with E-state index < -0.39 is 5.97 Å². The number of hydrogen-bond acceptors (Lipinski definition) is 4. The van der Waals surface area contributed by atoms with Crippen LogP contribution in [0, 0.1) is 5.92 Å². The Morgan fingerprint density at radius 1 is 1.39 bits per heavy atom. The third-order valence-corrected chi connectivity index (χ3v) is 4.08. The number of carboxylic acids is 1. The lowest BCUT2D eigenvalue weighted by Crippen LogP contribution is -2.52. The monoisotopic (exact) mass is 256 g/mol. The van der Waals surface area contributed by atoms with Gasteiger partial charge >= 0.3 is 5.97 Å². The Bertz CT molecular complexity index is 271. The van der Waals surface area contributed by atoms with E-state index in [0.29, 0.717) is 5.92 Å². The maximum atomic E-state index is 10.9. The van der Waals surface area contributed by atoms with Crippen LogP contribution in [0.3, 0.4) is 0 Å². The number of hydrogen-bond donors (Lipinski definition) is 1. The van der Waals surface area contributed by atoms with E-state index in [1.54, 1.807) is 6.92 Å². The average Bonchev–Trinajstić information content (AvgIpc) is 2.40. The molecule has 2 atom stereocenters. The minimum atomic E-state index is -0.718. The van der Waals surface area contributed by atoms with Gasteiger partial charge in [0, 0.05) is 39.3 Å². The molecule has 2 fully saturated rings. The summed E-state index contributed by atoms with van der Waals surface area (Å²) in [4.78, 5) is 15.4. The molecular formula is C13H24N2O3. The Morgan fingerprint density at radius 2 is 2.11 bits per heavy atom. The van der Waals surface area contributed by atoms with Gasteiger partial charge in [0.15, 0.2) is 0 Å². The van der Waals surface area contributed by atoms with Crippen molar-refractivity contribution in [2.45, 2.75) is 25.8 Å². The fourth-order valence-corrected chi connectivity index (χ4v) is 2.81. The van der Waals surface area contributed by atoms with Crippen molar-refractivity contribution in [3.63, 3.8) is 0 Å². The van der Waals surface area contributed by atoms with E-state index in [1.165, 1.54) is 12.8 Å². The zero-order valence-electron chi connectivity index (χ0n) is 11.2. The van der Waals surface area contributed by atoms with Crippen LogP contribution in [0.4, 0.5) is 0 Å². The quantitative estimate of drug-likeness (QED) is 0.794. The Labute approximate surface area is 109 Å². The van der Waals surface area contributed by atoms with E-state index in [1.807, 2.05) is 0 Å². The number of carbonyl (C=O) groups is 1. The number of aliphatic carboxylic acids is 1. The van der Waals surface area contributed by atoms with Gasteiger partial charge in [-0.3, -0.25) is 9.69 Å². The van der Waals surface area contributed by atoms with Crippen molar-refractivity contribution >= 4 is 5.97 Å². The highest BCUT2D eigenvalue weighted by Gasteiger charge is 2.26. The second kappa shape index (κ2) is 6.50. The van der Waals surface area contributed by atoms with E-state index in [9.17, 15) is 4.79 Å². The predicted molar refractivity (Wildman–Crippen MR) is 68.7 cm³/mol. The third-order valence-electron chi connectivity index (χ3n) is 4.08. The van der Waals surface area contributed by atoms with Crippen LogP contribution < -0.4 is 0 Å². The normalized spacial score (nSPS) is 29.1. The third kappa shape index (κ3) is 3.67. The molecule has 0 saturated carbocycles. The summed E-state index contributed by atoms with van der Waals surface area (Å²) in [7, 11) is 0. The topological polar surface area (TPSA) is 53.0 Å². The van der Waals surface area contributed by atoms with Gasteiger partial charge in [0.2, 0.25) is 0 Å². The van der Waals surface area contributed by atoms with Gasteiger partial charge in [-0.05, 0) is 25.7 Å². The van der Waals surface area contributed by atoms with Gasteiger partial charge in [-0.2, -0.15) is 0 Å². The van der Waals surface area contributed by atoms with Crippen LogP contribution in [0.5, 0.6) is 0 Å². The molecule has 5 heteroatoms. The molecule has 2 heterocycles. The van der Waals surface area contributed by atoms with E-state index in [-0.39, 0.29) is 6.04 Å². The zero-order chi connectivity index (χ0) is 13.0. The minimum Gasteiger partial charge on any atom is -0.480 e. The van der Waals surface area contributed by atoms with Crippen molar-refractivity contribution in [3.8, 4) is 0 Å². The second-order valence-electron chi connectivity index (χ2n) is 5.43. The lowest BCUT2D eigenvalue weighted by Gasteiger charge is -2.38. The fourth-order valence-electron chi connectivity index (χ4n) is 2.81. The molecular weight excluding hydrogens is 232 g/mol. The molecule has 2 saturated heterocycles. The standard InChI is InChI=1S/C13H24N2O3/c1-11(13(16)17)15-6-4-14(5-7-15)9-12-3-2-8-18-10-12/h11-12H,2-10H2,1H3,(H,16,17). The van der Waals surface area contributed by atoms with Crippen molar-refractivity contribution in [1.29, 1.82) is 0 Å². The van der Waals surface area contributed by atoms with Crippen LogP contribution >= 0.6 is 0 Å².